The lowest BCUT2D eigenvalue weighted by molar-refractivity contribution is 0.187. The summed E-state index contributed by atoms with van der Waals surface area (Å²) in [5.41, 5.74) is 7.47. The second-order valence-electron chi connectivity index (χ2n) is 5.80. The molecule has 0 fully saturated rings. The first-order valence-electron chi connectivity index (χ1n) is 8.01. The van der Waals surface area contributed by atoms with Crippen molar-refractivity contribution < 1.29 is 5.11 Å². The van der Waals surface area contributed by atoms with Crippen LogP contribution in [-0.4, -0.2) is 17.2 Å². The van der Waals surface area contributed by atoms with Crippen molar-refractivity contribution in [3.63, 3.8) is 0 Å². The molecule has 0 aliphatic rings. The molecule has 3 rings (SSSR count). The largest absolute Gasteiger partial charge is 0.388 e. The van der Waals surface area contributed by atoms with Gasteiger partial charge in [-0.1, -0.05) is 71.7 Å². The van der Waals surface area contributed by atoms with Crippen molar-refractivity contribution in [1.29, 1.82) is 0 Å². The van der Waals surface area contributed by atoms with Crippen LogP contribution in [-0.2, 0) is 0 Å². The SMILES string of the molecule is N/C(CC(O)c1cccc2ccccc12)=N\N=C\c1ccc(Cl)c(Cl)c1. The molecule has 0 aliphatic heterocycles. The minimum absolute atomic E-state index is 0.187. The zero-order valence-electron chi connectivity index (χ0n) is 13.8. The second kappa shape index (κ2) is 8.32. The number of hydrogen-bond donors (Lipinski definition) is 2. The lowest BCUT2D eigenvalue weighted by Crippen LogP contribution is -2.15. The molecule has 3 aromatic carbocycles. The molecule has 0 aromatic heterocycles. The molecule has 3 aromatic rings. The number of hydrogen-bond acceptors (Lipinski definition) is 3. The Labute approximate surface area is 161 Å². The van der Waals surface area contributed by atoms with Gasteiger partial charge in [-0.25, -0.2) is 0 Å². The van der Waals surface area contributed by atoms with Crippen molar-refractivity contribution in [2.24, 2.45) is 15.9 Å². The van der Waals surface area contributed by atoms with Crippen molar-refractivity contribution in [1.82, 2.24) is 0 Å². The smallest absolute Gasteiger partial charge is 0.125 e. The number of rotatable bonds is 5. The van der Waals surface area contributed by atoms with Gasteiger partial charge in [0.15, 0.2) is 0 Å². The van der Waals surface area contributed by atoms with E-state index in [9.17, 15) is 5.11 Å². The molecule has 0 radical (unpaired) electrons. The Balaban J connectivity index is 1.72. The summed E-state index contributed by atoms with van der Waals surface area (Å²) in [5, 5.41) is 21.4. The van der Waals surface area contributed by atoms with Gasteiger partial charge < -0.3 is 10.8 Å². The lowest BCUT2D eigenvalue weighted by atomic mass is 9.98. The molecule has 3 N–H and O–H groups in total. The number of halogens is 2. The van der Waals surface area contributed by atoms with Gasteiger partial charge in [-0.15, -0.1) is 5.10 Å². The Kier molecular flexibility index (Phi) is 5.89. The van der Waals surface area contributed by atoms with Crippen LogP contribution in [0.4, 0.5) is 0 Å². The molecule has 6 heteroatoms. The molecule has 0 saturated carbocycles. The fourth-order valence-electron chi connectivity index (χ4n) is 2.65. The zero-order chi connectivity index (χ0) is 18.5. The topological polar surface area (TPSA) is 71.0 Å². The Hall–Kier alpha value is -2.40. The average Bonchev–Trinajstić information content (AvgIpc) is 2.64. The number of fused-ring (bicyclic) bond motifs is 1. The minimum Gasteiger partial charge on any atom is -0.388 e. The standard InChI is InChI=1S/C20H17Cl2N3O/c21-17-9-8-13(10-18(17)22)12-24-25-20(23)11-19(26)16-7-3-5-14-4-1-2-6-15(14)16/h1-10,12,19,26H,11H2,(H2,23,25)/b24-12+. The molecule has 1 atom stereocenters. The number of nitrogens with two attached hydrogens (primary N) is 1. The third kappa shape index (κ3) is 4.41. The number of amidine groups is 1. The maximum absolute atomic E-state index is 10.5. The van der Waals surface area contributed by atoms with Crippen molar-refractivity contribution in [2.75, 3.05) is 0 Å². The summed E-state index contributed by atoms with van der Waals surface area (Å²) in [7, 11) is 0. The van der Waals surface area contributed by atoms with E-state index in [0.717, 1.165) is 21.9 Å². The van der Waals surface area contributed by atoms with Gasteiger partial charge in [0, 0.05) is 6.42 Å². The van der Waals surface area contributed by atoms with E-state index in [0.29, 0.717) is 10.0 Å². The summed E-state index contributed by atoms with van der Waals surface area (Å²) in [6.07, 6.45) is 0.955. The first kappa shape index (κ1) is 18.4. The summed E-state index contributed by atoms with van der Waals surface area (Å²) < 4.78 is 0. The minimum atomic E-state index is -0.759. The fourth-order valence-corrected chi connectivity index (χ4v) is 2.96. The van der Waals surface area contributed by atoms with Crippen LogP contribution in [0.1, 0.15) is 23.7 Å². The highest BCUT2D eigenvalue weighted by Gasteiger charge is 2.12. The highest BCUT2D eigenvalue weighted by Crippen LogP contribution is 2.26. The molecule has 26 heavy (non-hydrogen) atoms. The van der Waals surface area contributed by atoms with Gasteiger partial charge >= 0.3 is 0 Å². The van der Waals surface area contributed by atoms with Crippen molar-refractivity contribution in [2.45, 2.75) is 12.5 Å². The molecule has 0 saturated heterocycles. The Morgan fingerprint density at radius 2 is 1.81 bits per heavy atom. The highest BCUT2D eigenvalue weighted by molar-refractivity contribution is 6.42. The van der Waals surface area contributed by atoms with Crippen molar-refractivity contribution >= 4 is 46.0 Å². The molecule has 0 spiro atoms. The van der Waals surface area contributed by atoms with Crippen LogP contribution in [0.25, 0.3) is 10.8 Å². The van der Waals surface area contributed by atoms with Crippen LogP contribution in [0.15, 0.2) is 70.9 Å². The summed E-state index contributed by atoms with van der Waals surface area (Å²) >= 11 is 11.8. The molecule has 1 unspecified atom stereocenters. The summed E-state index contributed by atoms with van der Waals surface area (Å²) in [6, 6.07) is 18.8. The number of benzene rings is 3. The number of nitrogens with zero attached hydrogens (tertiary/aromatic N) is 2. The third-order valence-corrected chi connectivity index (χ3v) is 4.66. The van der Waals surface area contributed by atoms with E-state index in [2.05, 4.69) is 10.2 Å². The molecular weight excluding hydrogens is 369 g/mol. The van der Waals surface area contributed by atoms with Gasteiger partial charge in [0.05, 0.1) is 22.4 Å². The average molecular weight is 386 g/mol. The van der Waals surface area contributed by atoms with E-state index in [1.54, 1.807) is 18.2 Å². The highest BCUT2D eigenvalue weighted by atomic mass is 35.5. The first-order chi connectivity index (χ1) is 12.5. The van der Waals surface area contributed by atoms with Crippen LogP contribution in [0.2, 0.25) is 10.0 Å². The maximum Gasteiger partial charge on any atom is 0.125 e. The molecule has 0 aliphatic carbocycles. The molecule has 0 bridgehead atoms. The van der Waals surface area contributed by atoms with Crippen LogP contribution in [0, 0.1) is 0 Å². The molecule has 132 valence electrons. The van der Waals surface area contributed by atoms with Gasteiger partial charge in [0.1, 0.15) is 5.84 Å². The summed E-state index contributed by atoms with van der Waals surface area (Å²) in [6.45, 7) is 0. The van der Waals surface area contributed by atoms with Crippen LogP contribution in [0.5, 0.6) is 0 Å². The monoisotopic (exact) mass is 385 g/mol. The van der Waals surface area contributed by atoms with Crippen LogP contribution < -0.4 is 5.73 Å². The Bertz CT molecular complexity index is 980. The third-order valence-electron chi connectivity index (χ3n) is 3.92. The zero-order valence-corrected chi connectivity index (χ0v) is 15.3. The second-order valence-corrected chi connectivity index (χ2v) is 6.61. The normalized spacial score (nSPS) is 13.4. The van der Waals surface area contributed by atoms with Crippen LogP contribution >= 0.6 is 23.2 Å². The summed E-state index contributed by atoms with van der Waals surface area (Å²) in [5.74, 6) is 0.238. The van der Waals surface area contributed by atoms with Gasteiger partial charge in [-0.3, -0.25) is 0 Å². The van der Waals surface area contributed by atoms with Gasteiger partial charge in [-0.2, -0.15) is 5.10 Å². The predicted octanol–water partition coefficient (Wildman–Crippen LogP) is 4.96. The molecule has 0 amide bonds. The Morgan fingerprint density at radius 3 is 2.62 bits per heavy atom. The summed E-state index contributed by atoms with van der Waals surface area (Å²) in [4.78, 5) is 0. The first-order valence-corrected chi connectivity index (χ1v) is 8.76. The van der Waals surface area contributed by atoms with E-state index in [1.807, 2.05) is 42.5 Å². The van der Waals surface area contributed by atoms with Gasteiger partial charge in [-0.05, 0) is 34.0 Å². The lowest BCUT2D eigenvalue weighted by Gasteiger charge is -2.13. The Morgan fingerprint density at radius 1 is 1.04 bits per heavy atom. The quantitative estimate of drug-likeness (QED) is 0.370. The molecule has 0 heterocycles. The van der Waals surface area contributed by atoms with E-state index >= 15 is 0 Å². The van der Waals surface area contributed by atoms with E-state index < -0.39 is 6.10 Å². The fraction of sp³-hybridized carbons (Fsp3) is 0.100. The van der Waals surface area contributed by atoms with Crippen molar-refractivity contribution in [3.8, 4) is 0 Å². The predicted molar refractivity (Wildman–Crippen MR) is 109 cm³/mol. The number of aliphatic hydroxyl groups is 1. The molecular formula is C20H17Cl2N3O. The maximum atomic E-state index is 10.5. The van der Waals surface area contributed by atoms with Gasteiger partial charge in [0.25, 0.3) is 0 Å². The van der Waals surface area contributed by atoms with E-state index in [1.165, 1.54) is 6.21 Å². The van der Waals surface area contributed by atoms with Gasteiger partial charge in [0.2, 0.25) is 0 Å². The molecule has 4 nitrogen and oxygen atoms in total. The van der Waals surface area contributed by atoms with E-state index in [4.69, 9.17) is 28.9 Å². The van der Waals surface area contributed by atoms with Crippen LogP contribution in [0.3, 0.4) is 0 Å². The number of aliphatic hydroxyl groups excluding tert-OH is 1. The van der Waals surface area contributed by atoms with Crippen molar-refractivity contribution in [3.05, 3.63) is 81.8 Å². The van der Waals surface area contributed by atoms with E-state index in [-0.39, 0.29) is 12.3 Å².